The lowest BCUT2D eigenvalue weighted by atomic mass is 10.3. The summed E-state index contributed by atoms with van der Waals surface area (Å²) in [5.74, 6) is 0. The molecule has 0 N–H and O–H groups in total. The fraction of sp³-hybridized carbons (Fsp3) is 1.00. The summed E-state index contributed by atoms with van der Waals surface area (Å²) in [6, 6.07) is 0. The minimum Gasteiger partial charge on any atom is -0.353 e. The number of likely N-dealkylation sites (N-methyl/N-ethyl adjacent to an activating group) is 1. The predicted octanol–water partition coefficient (Wildman–Crippen LogP) is 1.80. The third-order valence-corrected chi connectivity index (χ3v) is 3.45. The van der Waals surface area contributed by atoms with Gasteiger partial charge in [-0.1, -0.05) is 0 Å². The number of likely N-dealkylation sites (tertiary alicyclic amines) is 1. The summed E-state index contributed by atoms with van der Waals surface area (Å²) in [5.41, 5.74) is 0. The van der Waals surface area contributed by atoms with E-state index in [2.05, 4.69) is 16.8 Å². The van der Waals surface area contributed by atoms with Crippen LogP contribution in [0.1, 0.15) is 33.1 Å². The van der Waals surface area contributed by atoms with Crippen molar-refractivity contribution in [2.45, 2.75) is 39.4 Å². The van der Waals surface area contributed by atoms with Crippen LogP contribution in [0.25, 0.3) is 0 Å². The Hall–Kier alpha value is -0.160. The molecule has 18 heavy (non-hydrogen) atoms. The zero-order valence-electron chi connectivity index (χ0n) is 12.4. The molecule has 1 heterocycles. The maximum atomic E-state index is 5.55. The normalized spacial score (nSPS) is 17.2. The fourth-order valence-electron chi connectivity index (χ4n) is 2.34. The van der Waals surface area contributed by atoms with Gasteiger partial charge in [-0.25, -0.2) is 0 Å². The van der Waals surface area contributed by atoms with Crippen molar-refractivity contribution in [2.24, 2.45) is 0 Å². The zero-order valence-corrected chi connectivity index (χ0v) is 12.4. The molecule has 1 fully saturated rings. The molecule has 4 nitrogen and oxygen atoms in total. The Kier molecular flexibility index (Phi) is 8.59. The summed E-state index contributed by atoms with van der Waals surface area (Å²) in [6.07, 6.45) is 3.67. The van der Waals surface area contributed by atoms with Crippen LogP contribution in [0, 0.1) is 0 Å². The molecule has 0 atom stereocenters. The van der Waals surface area contributed by atoms with Gasteiger partial charge in [-0.2, -0.15) is 0 Å². The lowest BCUT2D eigenvalue weighted by Crippen LogP contribution is -2.33. The summed E-state index contributed by atoms with van der Waals surface area (Å²) in [7, 11) is 2.19. The van der Waals surface area contributed by atoms with E-state index >= 15 is 0 Å². The van der Waals surface area contributed by atoms with E-state index < -0.39 is 0 Å². The second-order valence-electron chi connectivity index (χ2n) is 4.98. The molecule has 0 amide bonds. The topological polar surface area (TPSA) is 24.9 Å². The van der Waals surface area contributed by atoms with Crippen LogP contribution in [-0.4, -0.2) is 69.1 Å². The summed E-state index contributed by atoms with van der Waals surface area (Å²) >= 11 is 0. The average Bonchev–Trinajstić information content (AvgIpc) is 2.87. The summed E-state index contributed by atoms with van der Waals surface area (Å²) < 4.78 is 11.1. The molecule has 4 heteroatoms. The van der Waals surface area contributed by atoms with Crippen molar-refractivity contribution in [1.82, 2.24) is 9.80 Å². The Morgan fingerprint density at radius 1 is 1.06 bits per heavy atom. The molecule has 0 saturated carbocycles. The maximum absolute atomic E-state index is 5.55. The minimum atomic E-state index is -0.0331. The molecule has 1 aliphatic heterocycles. The summed E-state index contributed by atoms with van der Waals surface area (Å²) in [4.78, 5) is 4.93. The molecule has 0 radical (unpaired) electrons. The quantitative estimate of drug-likeness (QED) is 0.558. The standard InChI is InChI=1S/C14H30N2O2/c1-4-17-14(18-5-2)8-11-15(3)12-13-16-9-6-7-10-16/h14H,4-13H2,1-3H3. The van der Waals surface area contributed by atoms with Gasteiger partial charge in [-0.15, -0.1) is 0 Å². The lowest BCUT2D eigenvalue weighted by molar-refractivity contribution is -0.141. The van der Waals surface area contributed by atoms with Gasteiger partial charge in [0.2, 0.25) is 0 Å². The predicted molar refractivity (Wildman–Crippen MR) is 74.8 cm³/mol. The molecule has 0 aromatic carbocycles. The molecular weight excluding hydrogens is 228 g/mol. The molecule has 0 aromatic heterocycles. The number of ether oxygens (including phenoxy) is 2. The van der Waals surface area contributed by atoms with Gasteiger partial charge in [0.1, 0.15) is 0 Å². The van der Waals surface area contributed by atoms with E-state index in [9.17, 15) is 0 Å². The van der Waals surface area contributed by atoms with Gasteiger partial charge in [0.15, 0.2) is 6.29 Å². The van der Waals surface area contributed by atoms with Gasteiger partial charge in [0.05, 0.1) is 0 Å². The smallest absolute Gasteiger partial charge is 0.158 e. The maximum Gasteiger partial charge on any atom is 0.158 e. The van der Waals surface area contributed by atoms with Crippen molar-refractivity contribution in [3.63, 3.8) is 0 Å². The van der Waals surface area contributed by atoms with Crippen LogP contribution in [0.3, 0.4) is 0 Å². The Labute approximate surface area is 112 Å². The zero-order chi connectivity index (χ0) is 13.2. The largest absolute Gasteiger partial charge is 0.353 e. The van der Waals surface area contributed by atoms with Gasteiger partial charge < -0.3 is 19.3 Å². The van der Waals surface area contributed by atoms with E-state index in [1.54, 1.807) is 0 Å². The fourth-order valence-corrected chi connectivity index (χ4v) is 2.34. The highest BCUT2D eigenvalue weighted by molar-refractivity contribution is 4.67. The average molecular weight is 258 g/mol. The molecule has 1 rings (SSSR count). The second-order valence-corrected chi connectivity index (χ2v) is 4.98. The first-order chi connectivity index (χ1) is 8.76. The van der Waals surface area contributed by atoms with Crippen LogP contribution < -0.4 is 0 Å². The second kappa shape index (κ2) is 9.73. The Morgan fingerprint density at radius 3 is 2.22 bits per heavy atom. The molecule has 0 aromatic rings. The number of hydrogen-bond donors (Lipinski definition) is 0. The van der Waals surface area contributed by atoms with Crippen LogP contribution in [0.5, 0.6) is 0 Å². The first kappa shape index (κ1) is 15.9. The first-order valence-electron chi connectivity index (χ1n) is 7.40. The highest BCUT2D eigenvalue weighted by atomic mass is 16.7. The number of hydrogen-bond acceptors (Lipinski definition) is 4. The van der Waals surface area contributed by atoms with E-state index in [0.717, 1.165) is 32.7 Å². The monoisotopic (exact) mass is 258 g/mol. The van der Waals surface area contributed by atoms with E-state index in [0.29, 0.717) is 0 Å². The van der Waals surface area contributed by atoms with Crippen LogP contribution in [-0.2, 0) is 9.47 Å². The molecule has 0 aliphatic carbocycles. The van der Waals surface area contributed by atoms with Gasteiger partial charge in [-0.3, -0.25) is 0 Å². The van der Waals surface area contributed by atoms with Crippen LogP contribution in [0.2, 0.25) is 0 Å². The van der Waals surface area contributed by atoms with Crippen molar-refractivity contribution in [3.8, 4) is 0 Å². The SMILES string of the molecule is CCOC(CCN(C)CCN1CCCC1)OCC. The summed E-state index contributed by atoms with van der Waals surface area (Å²) in [5, 5.41) is 0. The van der Waals surface area contributed by atoms with E-state index in [-0.39, 0.29) is 6.29 Å². The van der Waals surface area contributed by atoms with Crippen molar-refractivity contribution < 1.29 is 9.47 Å². The van der Waals surface area contributed by atoms with E-state index in [4.69, 9.17) is 9.47 Å². The highest BCUT2D eigenvalue weighted by Gasteiger charge is 2.13. The highest BCUT2D eigenvalue weighted by Crippen LogP contribution is 2.07. The van der Waals surface area contributed by atoms with Gasteiger partial charge in [0, 0.05) is 39.3 Å². The van der Waals surface area contributed by atoms with Crippen molar-refractivity contribution in [1.29, 1.82) is 0 Å². The molecule has 1 saturated heterocycles. The van der Waals surface area contributed by atoms with Crippen molar-refractivity contribution in [3.05, 3.63) is 0 Å². The third kappa shape index (κ3) is 6.69. The minimum absolute atomic E-state index is 0.0331. The van der Waals surface area contributed by atoms with Crippen LogP contribution in [0.15, 0.2) is 0 Å². The van der Waals surface area contributed by atoms with E-state index in [1.165, 1.54) is 32.5 Å². The van der Waals surface area contributed by atoms with Gasteiger partial charge >= 0.3 is 0 Å². The van der Waals surface area contributed by atoms with Crippen LogP contribution in [0.4, 0.5) is 0 Å². The van der Waals surface area contributed by atoms with Gasteiger partial charge in [-0.05, 0) is 46.8 Å². The number of nitrogens with zero attached hydrogens (tertiary/aromatic N) is 2. The van der Waals surface area contributed by atoms with E-state index in [1.807, 2.05) is 13.8 Å². The first-order valence-corrected chi connectivity index (χ1v) is 7.40. The Bertz CT molecular complexity index is 190. The molecule has 0 spiro atoms. The summed E-state index contributed by atoms with van der Waals surface area (Å²) in [6.45, 7) is 11.4. The van der Waals surface area contributed by atoms with Crippen molar-refractivity contribution >= 4 is 0 Å². The molecule has 108 valence electrons. The Balaban J connectivity index is 2.07. The number of rotatable bonds is 10. The van der Waals surface area contributed by atoms with Gasteiger partial charge in [0.25, 0.3) is 0 Å². The van der Waals surface area contributed by atoms with Crippen molar-refractivity contribution in [2.75, 3.05) is 53.0 Å². The molecule has 0 unspecified atom stereocenters. The third-order valence-electron chi connectivity index (χ3n) is 3.45. The lowest BCUT2D eigenvalue weighted by Gasteiger charge is -2.23. The Morgan fingerprint density at radius 2 is 1.67 bits per heavy atom. The molecule has 1 aliphatic rings. The molecule has 0 bridgehead atoms. The van der Waals surface area contributed by atoms with Crippen LogP contribution >= 0.6 is 0 Å². The molecular formula is C14H30N2O2.